The number of ether oxygens (including phenoxy) is 3. The molecule has 33 heavy (non-hydrogen) atoms. The lowest BCUT2D eigenvalue weighted by molar-refractivity contribution is -0.140. The van der Waals surface area contributed by atoms with Gasteiger partial charge in [0.25, 0.3) is 0 Å². The molecular formula is C24H25ClFN3O4. The molecule has 1 fully saturated rings. The zero-order chi connectivity index (χ0) is 23.6. The van der Waals surface area contributed by atoms with Gasteiger partial charge >= 0.3 is 5.97 Å². The summed E-state index contributed by atoms with van der Waals surface area (Å²) in [7, 11) is 2.79. The predicted molar refractivity (Wildman–Crippen MR) is 122 cm³/mol. The number of esters is 1. The van der Waals surface area contributed by atoms with E-state index in [1.165, 1.54) is 45.7 Å². The zero-order valence-electron chi connectivity index (χ0n) is 18.5. The Bertz CT molecular complexity index is 1090. The van der Waals surface area contributed by atoms with Gasteiger partial charge in [0.2, 0.25) is 5.88 Å². The third-order valence-corrected chi connectivity index (χ3v) is 4.82. The summed E-state index contributed by atoms with van der Waals surface area (Å²) in [6, 6.07) is 8.78. The molecule has 1 saturated carbocycles. The summed E-state index contributed by atoms with van der Waals surface area (Å²) in [5, 5.41) is 0.0371. The van der Waals surface area contributed by atoms with E-state index in [1.807, 2.05) is 18.2 Å². The molecule has 0 aliphatic heterocycles. The standard InChI is InChI=1S/C21H19ClFN3O4.C3H6/c1-28-18-9-16(17(23)11-24-18)20-21(22)26-14(10-25-20)12-30-15-5-3-4-13(8-15)6-7-19(27)29-2;1-2-3-1/h3-5,8-11H,6-7,12H2,1-2H3;1-3H2. The van der Waals surface area contributed by atoms with E-state index in [-0.39, 0.29) is 34.9 Å². The minimum atomic E-state index is -0.584. The lowest BCUT2D eigenvalue weighted by Crippen LogP contribution is -2.03. The molecule has 0 spiro atoms. The number of carbonyl (C=O) groups is 1. The molecule has 2 aromatic heterocycles. The summed E-state index contributed by atoms with van der Waals surface area (Å²) in [6.45, 7) is 0.121. The Morgan fingerprint density at radius 1 is 1.12 bits per heavy atom. The van der Waals surface area contributed by atoms with Crippen LogP contribution in [0.3, 0.4) is 0 Å². The SMILES string of the molecule is C1CC1.COC(=O)CCc1cccc(OCc2cnc(-c3cc(OC)ncc3F)c(Cl)n2)c1. The van der Waals surface area contributed by atoms with Gasteiger partial charge in [-0.1, -0.05) is 43.0 Å². The molecule has 7 nitrogen and oxygen atoms in total. The van der Waals surface area contributed by atoms with Gasteiger partial charge in [-0.05, 0) is 24.1 Å². The van der Waals surface area contributed by atoms with Gasteiger partial charge in [0.1, 0.15) is 18.1 Å². The van der Waals surface area contributed by atoms with Crippen molar-refractivity contribution in [2.75, 3.05) is 14.2 Å². The van der Waals surface area contributed by atoms with Crippen LogP contribution in [-0.2, 0) is 22.6 Å². The van der Waals surface area contributed by atoms with E-state index >= 15 is 0 Å². The highest BCUT2D eigenvalue weighted by molar-refractivity contribution is 6.31. The number of pyridine rings is 1. The first kappa shape index (κ1) is 24.4. The number of aryl methyl sites for hydroxylation is 1. The lowest BCUT2D eigenvalue weighted by Gasteiger charge is -2.10. The highest BCUT2D eigenvalue weighted by atomic mass is 35.5. The molecule has 3 aromatic rings. The van der Waals surface area contributed by atoms with Crippen molar-refractivity contribution in [2.45, 2.75) is 38.7 Å². The van der Waals surface area contributed by atoms with Crippen molar-refractivity contribution in [2.24, 2.45) is 0 Å². The number of hydrogen-bond acceptors (Lipinski definition) is 7. The highest BCUT2D eigenvalue weighted by Gasteiger charge is 2.15. The van der Waals surface area contributed by atoms with Gasteiger partial charge in [-0.3, -0.25) is 9.78 Å². The van der Waals surface area contributed by atoms with E-state index in [9.17, 15) is 9.18 Å². The van der Waals surface area contributed by atoms with Crippen LogP contribution in [0.2, 0.25) is 5.15 Å². The quantitative estimate of drug-likeness (QED) is 0.416. The number of hydrogen-bond donors (Lipinski definition) is 0. The molecule has 0 N–H and O–H groups in total. The fraction of sp³-hybridized carbons (Fsp3) is 0.333. The first-order valence-corrected chi connectivity index (χ1v) is 10.9. The number of halogens is 2. The molecule has 174 valence electrons. The summed E-state index contributed by atoms with van der Waals surface area (Å²) in [4.78, 5) is 23.5. The van der Waals surface area contributed by atoms with Crippen LogP contribution in [0.15, 0.2) is 42.7 Å². The average Bonchev–Trinajstić information content (AvgIpc) is 3.72. The monoisotopic (exact) mass is 473 g/mol. The molecule has 0 unspecified atom stereocenters. The predicted octanol–water partition coefficient (Wildman–Crippen LogP) is 5.19. The van der Waals surface area contributed by atoms with Gasteiger partial charge in [0.05, 0.1) is 32.3 Å². The maximum absolute atomic E-state index is 14.1. The van der Waals surface area contributed by atoms with Crippen LogP contribution in [0.5, 0.6) is 11.6 Å². The molecular weight excluding hydrogens is 449 g/mol. The average molecular weight is 474 g/mol. The van der Waals surface area contributed by atoms with Gasteiger partial charge in [-0.25, -0.2) is 14.4 Å². The van der Waals surface area contributed by atoms with Crippen molar-refractivity contribution < 1.29 is 23.4 Å². The molecule has 9 heteroatoms. The zero-order valence-corrected chi connectivity index (χ0v) is 19.3. The Kier molecular flexibility index (Phi) is 8.95. The van der Waals surface area contributed by atoms with E-state index in [0.717, 1.165) is 11.8 Å². The van der Waals surface area contributed by atoms with E-state index in [2.05, 4.69) is 19.7 Å². The maximum Gasteiger partial charge on any atom is 0.305 e. The molecule has 4 rings (SSSR count). The Labute approximate surface area is 196 Å². The summed E-state index contributed by atoms with van der Waals surface area (Å²) in [6.07, 6.45) is 7.84. The number of methoxy groups -OCH3 is 2. The first-order valence-electron chi connectivity index (χ1n) is 10.5. The molecule has 1 aliphatic rings. The van der Waals surface area contributed by atoms with Crippen LogP contribution < -0.4 is 9.47 Å². The third-order valence-electron chi connectivity index (χ3n) is 4.56. The highest BCUT2D eigenvalue weighted by Crippen LogP contribution is 2.28. The van der Waals surface area contributed by atoms with E-state index in [0.29, 0.717) is 24.3 Å². The molecule has 2 heterocycles. The van der Waals surface area contributed by atoms with Gasteiger partial charge in [-0.2, -0.15) is 0 Å². The van der Waals surface area contributed by atoms with Crippen molar-refractivity contribution in [3.63, 3.8) is 0 Å². The summed E-state index contributed by atoms with van der Waals surface area (Å²) >= 11 is 6.22. The minimum absolute atomic E-state index is 0.0371. The van der Waals surface area contributed by atoms with Gasteiger partial charge < -0.3 is 14.2 Å². The second kappa shape index (κ2) is 12.1. The molecule has 0 amide bonds. The largest absolute Gasteiger partial charge is 0.487 e. The van der Waals surface area contributed by atoms with Gasteiger partial charge in [0, 0.05) is 18.1 Å². The van der Waals surface area contributed by atoms with E-state index in [4.69, 9.17) is 21.1 Å². The summed E-state index contributed by atoms with van der Waals surface area (Å²) in [5.41, 5.74) is 1.75. The molecule has 0 radical (unpaired) electrons. The second-order valence-corrected chi connectivity index (χ2v) is 7.64. The van der Waals surface area contributed by atoms with Crippen molar-refractivity contribution in [1.82, 2.24) is 15.0 Å². The smallest absolute Gasteiger partial charge is 0.305 e. The van der Waals surface area contributed by atoms with Crippen LogP contribution in [0.4, 0.5) is 4.39 Å². The summed E-state index contributed by atoms with van der Waals surface area (Å²) < 4.78 is 29.5. The Balaban J connectivity index is 0.000000942. The fourth-order valence-electron chi connectivity index (χ4n) is 2.66. The summed E-state index contributed by atoms with van der Waals surface area (Å²) in [5.74, 6) is 0.00221. The van der Waals surface area contributed by atoms with E-state index in [1.54, 1.807) is 6.07 Å². The molecule has 0 bridgehead atoms. The molecule has 0 saturated heterocycles. The second-order valence-electron chi connectivity index (χ2n) is 7.28. The Morgan fingerprint density at radius 3 is 2.58 bits per heavy atom. The maximum atomic E-state index is 14.1. The Hall–Kier alpha value is -3.26. The van der Waals surface area contributed by atoms with Crippen LogP contribution in [0.1, 0.15) is 36.9 Å². The van der Waals surface area contributed by atoms with Crippen LogP contribution in [0.25, 0.3) is 11.3 Å². The topological polar surface area (TPSA) is 83.4 Å². The van der Waals surface area contributed by atoms with Crippen LogP contribution in [0, 0.1) is 5.82 Å². The number of carbonyl (C=O) groups excluding carboxylic acids is 1. The van der Waals surface area contributed by atoms with E-state index < -0.39 is 5.82 Å². The first-order chi connectivity index (χ1) is 16.0. The lowest BCUT2D eigenvalue weighted by atomic mass is 10.1. The van der Waals surface area contributed by atoms with Crippen molar-refractivity contribution in [1.29, 1.82) is 0 Å². The van der Waals surface area contributed by atoms with Crippen LogP contribution in [-0.4, -0.2) is 35.1 Å². The van der Waals surface area contributed by atoms with Gasteiger partial charge in [-0.15, -0.1) is 0 Å². The number of nitrogens with zero attached hydrogens (tertiary/aromatic N) is 3. The van der Waals surface area contributed by atoms with Crippen molar-refractivity contribution in [3.8, 4) is 22.9 Å². The van der Waals surface area contributed by atoms with Crippen molar-refractivity contribution >= 4 is 17.6 Å². The minimum Gasteiger partial charge on any atom is -0.487 e. The number of aromatic nitrogens is 3. The Morgan fingerprint density at radius 2 is 1.91 bits per heavy atom. The normalized spacial score (nSPS) is 11.8. The molecule has 0 atom stereocenters. The van der Waals surface area contributed by atoms with Gasteiger partial charge in [0.15, 0.2) is 11.0 Å². The number of rotatable bonds is 8. The number of benzene rings is 1. The third kappa shape index (κ3) is 7.68. The molecule has 1 aromatic carbocycles. The fourth-order valence-corrected chi connectivity index (χ4v) is 2.92. The molecule has 1 aliphatic carbocycles. The van der Waals surface area contributed by atoms with Crippen molar-refractivity contribution in [3.05, 3.63) is 65.0 Å². The van der Waals surface area contributed by atoms with Crippen LogP contribution >= 0.6 is 11.6 Å².